The van der Waals surface area contributed by atoms with Gasteiger partial charge < -0.3 is 19.1 Å². The summed E-state index contributed by atoms with van der Waals surface area (Å²) in [5, 5.41) is 5.03. The smallest absolute Gasteiger partial charge is 0.324 e. The molecule has 1 saturated heterocycles. The van der Waals surface area contributed by atoms with Gasteiger partial charge in [-0.15, -0.1) is 0 Å². The number of aromatic nitrogens is 2. The highest BCUT2D eigenvalue weighted by Gasteiger charge is 2.32. The van der Waals surface area contributed by atoms with Gasteiger partial charge in [-0.05, 0) is 61.7 Å². The molecule has 174 valence electrons. The summed E-state index contributed by atoms with van der Waals surface area (Å²) in [7, 11) is 1.62. The van der Waals surface area contributed by atoms with E-state index in [4.69, 9.17) is 32.5 Å². The van der Waals surface area contributed by atoms with Gasteiger partial charge >= 0.3 is 6.01 Å². The minimum absolute atomic E-state index is 0.0647. The Morgan fingerprint density at radius 3 is 2.70 bits per heavy atom. The first-order valence-electron chi connectivity index (χ1n) is 11.0. The third-order valence-electron chi connectivity index (χ3n) is 5.73. The van der Waals surface area contributed by atoms with Crippen molar-refractivity contribution < 1.29 is 14.1 Å². The fourth-order valence-corrected chi connectivity index (χ4v) is 4.31. The maximum absolute atomic E-state index is 13.5. The van der Waals surface area contributed by atoms with Crippen molar-refractivity contribution in [2.24, 2.45) is 5.92 Å². The zero-order valence-corrected chi connectivity index (χ0v) is 20.1. The largest absolute Gasteiger partial charge is 0.497 e. The van der Waals surface area contributed by atoms with Crippen LogP contribution in [0.1, 0.15) is 26.2 Å². The summed E-state index contributed by atoms with van der Waals surface area (Å²) in [6.07, 6.45) is 2.49. The SMILES string of the molecule is CCCN(C(=O)C1CCCN(c2nc(-c3ccc(OC)cc3)no2)C1)c1ccc(Cl)c(Cl)c1. The van der Waals surface area contributed by atoms with Crippen LogP contribution in [-0.2, 0) is 4.79 Å². The highest BCUT2D eigenvalue weighted by molar-refractivity contribution is 6.42. The number of anilines is 2. The van der Waals surface area contributed by atoms with Gasteiger partial charge in [-0.2, -0.15) is 4.98 Å². The number of ether oxygens (including phenoxy) is 1. The molecule has 0 radical (unpaired) electrons. The lowest BCUT2D eigenvalue weighted by molar-refractivity contribution is -0.122. The zero-order valence-electron chi connectivity index (χ0n) is 18.6. The highest BCUT2D eigenvalue weighted by Crippen LogP contribution is 2.31. The number of carbonyl (C=O) groups excluding carboxylic acids is 1. The molecule has 0 bridgehead atoms. The van der Waals surface area contributed by atoms with Gasteiger partial charge in [0.15, 0.2) is 0 Å². The molecule has 1 amide bonds. The molecule has 7 nitrogen and oxygen atoms in total. The van der Waals surface area contributed by atoms with Crippen LogP contribution in [0.5, 0.6) is 5.75 Å². The van der Waals surface area contributed by atoms with Crippen LogP contribution in [0.15, 0.2) is 47.0 Å². The van der Waals surface area contributed by atoms with E-state index in [1.807, 2.05) is 42.2 Å². The van der Waals surface area contributed by atoms with E-state index >= 15 is 0 Å². The van der Waals surface area contributed by atoms with E-state index in [1.54, 1.807) is 24.1 Å². The lowest BCUT2D eigenvalue weighted by Gasteiger charge is -2.34. The Bertz CT molecular complexity index is 1100. The van der Waals surface area contributed by atoms with Gasteiger partial charge in [0.2, 0.25) is 11.7 Å². The quantitative estimate of drug-likeness (QED) is 0.423. The Morgan fingerprint density at radius 1 is 1.21 bits per heavy atom. The van der Waals surface area contributed by atoms with E-state index in [-0.39, 0.29) is 11.8 Å². The molecule has 4 rings (SSSR count). The molecule has 1 aliphatic rings. The molecule has 2 heterocycles. The number of hydrogen-bond acceptors (Lipinski definition) is 6. The number of halogens is 2. The molecule has 0 aliphatic carbocycles. The van der Waals surface area contributed by atoms with Crippen molar-refractivity contribution in [2.75, 3.05) is 36.5 Å². The molecule has 0 spiro atoms. The molecular formula is C24H26Cl2N4O3. The van der Waals surface area contributed by atoms with Gasteiger partial charge in [-0.1, -0.05) is 35.3 Å². The molecule has 9 heteroatoms. The molecule has 2 aromatic carbocycles. The maximum Gasteiger partial charge on any atom is 0.324 e. The molecular weight excluding hydrogens is 463 g/mol. The molecule has 1 aliphatic heterocycles. The first-order chi connectivity index (χ1) is 16.0. The topological polar surface area (TPSA) is 71.7 Å². The van der Waals surface area contributed by atoms with E-state index in [9.17, 15) is 4.79 Å². The second-order valence-corrected chi connectivity index (χ2v) is 8.82. The standard InChI is InChI=1S/C24H26Cl2N4O3/c1-3-12-30(18-8-11-20(25)21(26)14-18)23(31)17-5-4-13-29(15-17)24-27-22(28-33-24)16-6-9-19(32-2)10-7-16/h6-11,14,17H,3-5,12-13,15H2,1-2H3. The van der Waals surface area contributed by atoms with Crippen LogP contribution in [0.2, 0.25) is 10.0 Å². The number of rotatable bonds is 7. The van der Waals surface area contributed by atoms with E-state index in [1.165, 1.54) is 0 Å². The van der Waals surface area contributed by atoms with Crippen LogP contribution >= 0.6 is 23.2 Å². The summed E-state index contributed by atoms with van der Waals surface area (Å²) in [5.41, 5.74) is 1.59. The van der Waals surface area contributed by atoms with Crippen molar-refractivity contribution in [3.05, 3.63) is 52.5 Å². The average molecular weight is 489 g/mol. The number of hydrogen-bond donors (Lipinski definition) is 0. The van der Waals surface area contributed by atoms with Crippen molar-refractivity contribution in [2.45, 2.75) is 26.2 Å². The molecule has 1 atom stereocenters. The second kappa shape index (κ2) is 10.4. The third-order valence-corrected chi connectivity index (χ3v) is 6.47. The monoisotopic (exact) mass is 488 g/mol. The van der Waals surface area contributed by atoms with Gasteiger partial charge in [-0.3, -0.25) is 4.79 Å². The lowest BCUT2D eigenvalue weighted by Crippen LogP contribution is -2.45. The maximum atomic E-state index is 13.5. The van der Waals surface area contributed by atoms with E-state index in [0.717, 1.165) is 42.8 Å². The van der Waals surface area contributed by atoms with Gasteiger partial charge in [0.1, 0.15) is 5.75 Å². The van der Waals surface area contributed by atoms with Gasteiger partial charge in [0.05, 0.1) is 23.1 Å². The van der Waals surface area contributed by atoms with Crippen LogP contribution in [0.4, 0.5) is 11.7 Å². The lowest BCUT2D eigenvalue weighted by atomic mass is 9.96. The minimum atomic E-state index is -0.184. The molecule has 3 aromatic rings. The third kappa shape index (κ3) is 5.25. The van der Waals surface area contributed by atoms with Crippen LogP contribution in [0, 0.1) is 5.92 Å². The van der Waals surface area contributed by atoms with Crippen LogP contribution in [-0.4, -0.2) is 42.8 Å². The van der Waals surface area contributed by atoms with Crippen molar-refractivity contribution in [1.29, 1.82) is 0 Å². The molecule has 33 heavy (non-hydrogen) atoms. The van der Waals surface area contributed by atoms with E-state index in [0.29, 0.717) is 35.0 Å². The molecule has 1 fully saturated rings. The zero-order chi connectivity index (χ0) is 23.4. The number of carbonyl (C=O) groups is 1. The van der Waals surface area contributed by atoms with Crippen molar-refractivity contribution >= 4 is 40.8 Å². The highest BCUT2D eigenvalue weighted by atomic mass is 35.5. The molecule has 1 unspecified atom stereocenters. The summed E-state index contributed by atoms with van der Waals surface area (Å²) in [4.78, 5) is 21.8. The minimum Gasteiger partial charge on any atom is -0.497 e. The van der Waals surface area contributed by atoms with Gasteiger partial charge in [0, 0.05) is 30.9 Å². The normalized spacial score (nSPS) is 16.0. The number of benzene rings is 2. The fourth-order valence-electron chi connectivity index (χ4n) is 4.02. The van der Waals surface area contributed by atoms with Crippen molar-refractivity contribution in [3.63, 3.8) is 0 Å². The summed E-state index contributed by atoms with van der Waals surface area (Å²) in [6.45, 7) is 3.93. The summed E-state index contributed by atoms with van der Waals surface area (Å²) < 4.78 is 10.7. The first-order valence-corrected chi connectivity index (χ1v) is 11.7. The van der Waals surface area contributed by atoms with E-state index < -0.39 is 0 Å². The Balaban J connectivity index is 1.49. The molecule has 0 saturated carbocycles. The molecule has 0 N–H and O–H groups in total. The fraction of sp³-hybridized carbons (Fsp3) is 0.375. The van der Waals surface area contributed by atoms with Gasteiger partial charge in [0.25, 0.3) is 0 Å². The Hall–Kier alpha value is -2.77. The van der Waals surface area contributed by atoms with Crippen LogP contribution in [0.25, 0.3) is 11.4 Å². The summed E-state index contributed by atoms with van der Waals surface area (Å²) in [5.74, 6) is 1.15. The Kier molecular flexibility index (Phi) is 7.40. The average Bonchev–Trinajstić information content (AvgIpc) is 3.34. The van der Waals surface area contributed by atoms with Crippen molar-refractivity contribution in [1.82, 2.24) is 10.1 Å². The Labute approximate surface area is 203 Å². The molecule has 1 aromatic heterocycles. The second-order valence-electron chi connectivity index (χ2n) is 8.00. The van der Waals surface area contributed by atoms with E-state index in [2.05, 4.69) is 10.1 Å². The first kappa shape index (κ1) is 23.4. The number of piperidine rings is 1. The predicted molar refractivity (Wildman–Crippen MR) is 130 cm³/mol. The Morgan fingerprint density at radius 2 is 2.00 bits per heavy atom. The van der Waals surface area contributed by atoms with Crippen molar-refractivity contribution in [3.8, 4) is 17.1 Å². The number of methoxy groups -OCH3 is 1. The summed E-state index contributed by atoms with van der Waals surface area (Å²) in [6, 6.07) is 13.2. The number of nitrogens with zero attached hydrogens (tertiary/aromatic N) is 4. The summed E-state index contributed by atoms with van der Waals surface area (Å²) >= 11 is 12.3. The van der Waals surface area contributed by atoms with Crippen LogP contribution in [0.3, 0.4) is 0 Å². The predicted octanol–water partition coefficient (Wildman–Crippen LogP) is 5.71. The number of amides is 1. The van der Waals surface area contributed by atoms with Crippen LogP contribution < -0.4 is 14.5 Å². The van der Waals surface area contributed by atoms with Gasteiger partial charge in [-0.25, -0.2) is 0 Å².